The average molecular weight is 322 g/mol. The molecule has 0 saturated heterocycles. The van der Waals surface area contributed by atoms with Crippen molar-refractivity contribution in [1.29, 1.82) is 0 Å². The topological polar surface area (TPSA) is 79.2 Å². The van der Waals surface area contributed by atoms with E-state index >= 15 is 0 Å². The summed E-state index contributed by atoms with van der Waals surface area (Å²) < 4.78 is 1.77. The minimum Gasteiger partial charge on any atom is -0.508 e. The van der Waals surface area contributed by atoms with Gasteiger partial charge in [0.2, 0.25) is 0 Å². The van der Waals surface area contributed by atoms with Crippen molar-refractivity contribution in [3.05, 3.63) is 78.0 Å². The Morgan fingerprint density at radius 3 is 2.50 bits per heavy atom. The first-order valence-corrected chi connectivity index (χ1v) is 7.59. The zero-order valence-corrected chi connectivity index (χ0v) is 13.0. The second kappa shape index (κ2) is 7.32. The molecule has 1 heterocycles. The molecule has 0 saturated carbocycles. The van der Waals surface area contributed by atoms with Gasteiger partial charge in [0.25, 0.3) is 0 Å². The van der Waals surface area contributed by atoms with Gasteiger partial charge < -0.3 is 10.4 Å². The van der Waals surface area contributed by atoms with E-state index < -0.39 is 0 Å². The molecule has 0 fully saturated rings. The number of aromatic hydroxyl groups is 1. The van der Waals surface area contributed by atoms with Crippen LogP contribution in [0.5, 0.6) is 5.75 Å². The zero-order valence-electron chi connectivity index (χ0n) is 13.0. The maximum atomic E-state index is 11.9. The molecule has 2 aromatic carbocycles. The molecule has 0 spiro atoms. The Kier molecular flexibility index (Phi) is 4.76. The van der Waals surface area contributed by atoms with Crippen LogP contribution in [0.25, 0.3) is 0 Å². The van der Waals surface area contributed by atoms with E-state index in [1.54, 1.807) is 35.0 Å². The van der Waals surface area contributed by atoms with Crippen LogP contribution in [0, 0.1) is 0 Å². The van der Waals surface area contributed by atoms with Gasteiger partial charge >= 0.3 is 6.03 Å². The van der Waals surface area contributed by atoms with Gasteiger partial charge in [0, 0.05) is 18.8 Å². The fourth-order valence-electron chi connectivity index (χ4n) is 2.24. The molecule has 3 aromatic rings. The van der Waals surface area contributed by atoms with Crippen molar-refractivity contribution in [1.82, 2.24) is 15.1 Å². The molecule has 0 aliphatic rings. The van der Waals surface area contributed by atoms with Crippen LogP contribution < -0.4 is 10.6 Å². The van der Waals surface area contributed by atoms with Gasteiger partial charge in [-0.1, -0.05) is 42.5 Å². The Balaban J connectivity index is 1.50. The molecule has 0 radical (unpaired) electrons. The molecule has 0 atom stereocenters. The number of phenols is 1. The summed E-state index contributed by atoms with van der Waals surface area (Å²) >= 11 is 0. The van der Waals surface area contributed by atoms with Crippen molar-refractivity contribution in [2.45, 2.75) is 13.1 Å². The van der Waals surface area contributed by atoms with Crippen LogP contribution in [0.15, 0.2) is 66.9 Å². The predicted molar refractivity (Wildman–Crippen MR) is 91.7 cm³/mol. The van der Waals surface area contributed by atoms with Gasteiger partial charge in [-0.05, 0) is 23.3 Å². The SMILES string of the molecule is O=C(NCc1ccc(O)cc1)Nc1ccn(Cc2ccccc2)n1. The largest absolute Gasteiger partial charge is 0.508 e. The lowest BCUT2D eigenvalue weighted by atomic mass is 10.2. The normalized spacial score (nSPS) is 10.3. The molecule has 6 heteroatoms. The highest BCUT2D eigenvalue weighted by atomic mass is 16.3. The maximum absolute atomic E-state index is 11.9. The van der Waals surface area contributed by atoms with Crippen LogP contribution in [0.3, 0.4) is 0 Å². The zero-order chi connectivity index (χ0) is 16.8. The molecule has 0 unspecified atom stereocenters. The van der Waals surface area contributed by atoms with Crippen molar-refractivity contribution in [2.75, 3.05) is 5.32 Å². The highest BCUT2D eigenvalue weighted by molar-refractivity contribution is 5.88. The Labute approximate surface area is 139 Å². The van der Waals surface area contributed by atoms with Crippen LogP contribution >= 0.6 is 0 Å². The highest BCUT2D eigenvalue weighted by Crippen LogP contribution is 2.09. The molecule has 0 bridgehead atoms. The first-order valence-electron chi connectivity index (χ1n) is 7.59. The second-order valence-electron chi connectivity index (χ2n) is 5.36. The number of carbonyl (C=O) groups excluding carboxylic acids is 1. The summed E-state index contributed by atoms with van der Waals surface area (Å²) in [5.41, 5.74) is 2.04. The van der Waals surface area contributed by atoms with E-state index in [2.05, 4.69) is 15.7 Å². The van der Waals surface area contributed by atoms with Gasteiger partial charge in [-0.3, -0.25) is 10.00 Å². The van der Waals surface area contributed by atoms with Gasteiger partial charge in [0.15, 0.2) is 5.82 Å². The first-order chi connectivity index (χ1) is 11.7. The third-order valence-electron chi connectivity index (χ3n) is 3.46. The number of benzene rings is 2. The molecular weight excluding hydrogens is 304 g/mol. The first kappa shape index (κ1) is 15.6. The van der Waals surface area contributed by atoms with Crippen molar-refractivity contribution in [3.63, 3.8) is 0 Å². The average Bonchev–Trinajstić information content (AvgIpc) is 3.02. The van der Waals surface area contributed by atoms with Gasteiger partial charge in [0.05, 0.1) is 6.54 Å². The fourth-order valence-corrected chi connectivity index (χ4v) is 2.24. The summed E-state index contributed by atoms with van der Waals surface area (Å²) in [6.45, 7) is 1.02. The number of rotatable bonds is 5. The highest BCUT2D eigenvalue weighted by Gasteiger charge is 2.05. The Bertz CT molecular complexity index is 797. The van der Waals surface area contributed by atoms with E-state index in [4.69, 9.17) is 0 Å². The molecule has 3 rings (SSSR count). The lowest BCUT2D eigenvalue weighted by Gasteiger charge is -2.06. The Hall–Kier alpha value is -3.28. The Morgan fingerprint density at radius 1 is 1.00 bits per heavy atom. The number of urea groups is 1. The van der Waals surface area contributed by atoms with Crippen LogP contribution in [0.2, 0.25) is 0 Å². The molecule has 2 amide bonds. The summed E-state index contributed by atoms with van der Waals surface area (Å²) in [6.07, 6.45) is 1.82. The number of hydrogen-bond donors (Lipinski definition) is 3. The summed E-state index contributed by atoms with van der Waals surface area (Å²) in [7, 11) is 0. The minimum absolute atomic E-state index is 0.201. The fraction of sp³-hybridized carbons (Fsp3) is 0.111. The summed E-state index contributed by atoms with van der Waals surface area (Å²) in [5.74, 6) is 0.696. The van der Waals surface area contributed by atoms with Crippen molar-refractivity contribution in [3.8, 4) is 5.75 Å². The number of nitrogens with zero attached hydrogens (tertiary/aromatic N) is 2. The van der Waals surface area contributed by atoms with Gasteiger partial charge in [-0.2, -0.15) is 5.10 Å². The quantitative estimate of drug-likeness (QED) is 0.676. The predicted octanol–water partition coefficient (Wildman–Crippen LogP) is 2.96. The van der Waals surface area contributed by atoms with E-state index in [-0.39, 0.29) is 11.8 Å². The summed E-state index contributed by atoms with van der Waals surface area (Å²) in [4.78, 5) is 11.9. The number of amides is 2. The summed E-state index contributed by atoms with van der Waals surface area (Å²) in [6, 6.07) is 18.1. The molecule has 122 valence electrons. The molecule has 0 aliphatic heterocycles. The lowest BCUT2D eigenvalue weighted by Crippen LogP contribution is -2.28. The number of phenolic OH excluding ortho intramolecular Hbond substituents is 1. The molecule has 1 aromatic heterocycles. The molecular formula is C18H18N4O2. The van der Waals surface area contributed by atoms with Gasteiger partial charge in [-0.25, -0.2) is 4.79 Å². The smallest absolute Gasteiger partial charge is 0.320 e. The van der Waals surface area contributed by atoms with Crippen LogP contribution in [-0.4, -0.2) is 20.9 Å². The van der Waals surface area contributed by atoms with Crippen LogP contribution in [0.4, 0.5) is 10.6 Å². The number of hydrogen-bond acceptors (Lipinski definition) is 3. The van der Waals surface area contributed by atoms with Gasteiger partial charge in [0.1, 0.15) is 5.75 Å². The van der Waals surface area contributed by atoms with E-state index in [0.29, 0.717) is 18.9 Å². The molecule has 6 nitrogen and oxygen atoms in total. The summed E-state index contributed by atoms with van der Waals surface area (Å²) in [5, 5.41) is 19.0. The number of carbonyl (C=O) groups is 1. The van der Waals surface area contributed by atoms with Crippen LogP contribution in [0.1, 0.15) is 11.1 Å². The number of anilines is 1. The second-order valence-corrected chi connectivity index (χ2v) is 5.36. The molecule has 3 N–H and O–H groups in total. The van der Waals surface area contributed by atoms with Gasteiger partial charge in [-0.15, -0.1) is 0 Å². The number of aromatic nitrogens is 2. The molecule has 0 aliphatic carbocycles. The minimum atomic E-state index is -0.326. The third kappa shape index (κ3) is 4.36. The van der Waals surface area contributed by atoms with E-state index in [1.165, 1.54) is 0 Å². The van der Waals surface area contributed by atoms with E-state index in [0.717, 1.165) is 11.1 Å². The van der Waals surface area contributed by atoms with Crippen molar-refractivity contribution in [2.24, 2.45) is 0 Å². The van der Waals surface area contributed by atoms with Crippen molar-refractivity contribution < 1.29 is 9.90 Å². The molecule has 24 heavy (non-hydrogen) atoms. The number of nitrogens with one attached hydrogen (secondary N) is 2. The van der Waals surface area contributed by atoms with Crippen molar-refractivity contribution >= 4 is 11.8 Å². The standard InChI is InChI=1S/C18H18N4O2/c23-16-8-6-14(7-9-16)12-19-18(24)20-17-10-11-22(21-17)13-15-4-2-1-3-5-15/h1-11,23H,12-13H2,(H2,19,20,21,24). The maximum Gasteiger partial charge on any atom is 0.320 e. The Morgan fingerprint density at radius 2 is 1.75 bits per heavy atom. The third-order valence-corrected chi connectivity index (χ3v) is 3.46. The van der Waals surface area contributed by atoms with E-state index in [9.17, 15) is 9.90 Å². The lowest BCUT2D eigenvalue weighted by molar-refractivity contribution is 0.251. The monoisotopic (exact) mass is 322 g/mol. The van der Waals surface area contributed by atoms with E-state index in [1.807, 2.05) is 36.5 Å². The van der Waals surface area contributed by atoms with Crippen LogP contribution in [-0.2, 0) is 13.1 Å².